The first-order valence-electron chi connectivity index (χ1n) is 5.82. The molecule has 1 N–H and O–H groups in total. The molecule has 0 radical (unpaired) electrons. The van der Waals surface area contributed by atoms with Gasteiger partial charge in [0.1, 0.15) is 0 Å². The molecule has 5 nitrogen and oxygen atoms in total. The molecule has 0 aliphatic carbocycles. The topological polar surface area (TPSA) is 68.0 Å². The molecule has 0 fully saturated rings. The maximum absolute atomic E-state index is 13.9. The number of aromatic nitrogens is 2. The maximum atomic E-state index is 13.9. The Kier molecular flexibility index (Phi) is 4.11. The highest BCUT2D eigenvalue weighted by atomic mass is 19.4. The van der Waals surface area contributed by atoms with Gasteiger partial charge in [-0.3, -0.25) is 4.79 Å². The molecule has 2 aromatic rings. The van der Waals surface area contributed by atoms with Crippen molar-refractivity contribution >= 4 is 5.91 Å². The molecule has 0 atom stereocenters. The van der Waals surface area contributed by atoms with Crippen LogP contribution in [0.3, 0.4) is 0 Å². The SMILES string of the molecule is CC(=O)NCc1ccc(-c2noc(C(F)(F)F)n2)c(F)c1F. The monoisotopic (exact) mass is 321 g/mol. The van der Waals surface area contributed by atoms with Crippen molar-refractivity contribution in [2.45, 2.75) is 19.6 Å². The number of halogens is 5. The first-order valence-corrected chi connectivity index (χ1v) is 5.82. The molecule has 10 heteroatoms. The number of rotatable bonds is 3. The van der Waals surface area contributed by atoms with Crippen LogP contribution in [0.4, 0.5) is 22.0 Å². The molecule has 0 spiro atoms. The Balaban J connectivity index is 2.35. The lowest BCUT2D eigenvalue weighted by Gasteiger charge is -2.06. The highest BCUT2D eigenvalue weighted by molar-refractivity contribution is 5.72. The van der Waals surface area contributed by atoms with Crippen molar-refractivity contribution in [2.24, 2.45) is 0 Å². The molecule has 1 aromatic heterocycles. The Morgan fingerprint density at radius 1 is 1.27 bits per heavy atom. The minimum absolute atomic E-state index is 0.170. The molecule has 1 aromatic carbocycles. The van der Waals surface area contributed by atoms with Crippen LogP contribution in [0.5, 0.6) is 0 Å². The van der Waals surface area contributed by atoms with Gasteiger partial charge in [-0.2, -0.15) is 18.2 Å². The first kappa shape index (κ1) is 15.9. The summed E-state index contributed by atoms with van der Waals surface area (Å²) in [5.74, 6) is -5.58. The number of nitrogens with zero attached hydrogens (tertiary/aromatic N) is 2. The van der Waals surface area contributed by atoms with Crippen molar-refractivity contribution in [2.75, 3.05) is 0 Å². The third kappa shape index (κ3) is 3.21. The molecule has 0 saturated heterocycles. The van der Waals surface area contributed by atoms with Crippen LogP contribution < -0.4 is 5.32 Å². The van der Waals surface area contributed by atoms with E-state index in [-0.39, 0.29) is 12.1 Å². The number of nitrogens with one attached hydrogen (secondary N) is 1. The molecule has 0 aliphatic rings. The summed E-state index contributed by atoms with van der Waals surface area (Å²) in [7, 11) is 0. The number of benzene rings is 1. The van der Waals surface area contributed by atoms with E-state index < -0.39 is 41.0 Å². The van der Waals surface area contributed by atoms with E-state index >= 15 is 0 Å². The van der Waals surface area contributed by atoms with Gasteiger partial charge in [-0.1, -0.05) is 11.2 Å². The average Bonchev–Trinajstić information content (AvgIpc) is 2.89. The summed E-state index contributed by atoms with van der Waals surface area (Å²) >= 11 is 0. The number of hydrogen-bond acceptors (Lipinski definition) is 4. The van der Waals surface area contributed by atoms with E-state index in [2.05, 4.69) is 20.0 Å². The van der Waals surface area contributed by atoms with Gasteiger partial charge in [0, 0.05) is 19.0 Å². The Morgan fingerprint density at radius 2 is 1.95 bits per heavy atom. The minimum Gasteiger partial charge on any atom is -0.352 e. The van der Waals surface area contributed by atoms with E-state index in [1.807, 2.05) is 0 Å². The van der Waals surface area contributed by atoms with E-state index in [0.29, 0.717) is 0 Å². The summed E-state index contributed by atoms with van der Waals surface area (Å²) in [5.41, 5.74) is -0.751. The van der Waals surface area contributed by atoms with Crippen molar-refractivity contribution in [1.82, 2.24) is 15.5 Å². The third-order valence-electron chi connectivity index (χ3n) is 2.60. The Hall–Kier alpha value is -2.52. The minimum atomic E-state index is -4.88. The zero-order valence-corrected chi connectivity index (χ0v) is 11.0. The van der Waals surface area contributed by atoms with Gasteiger partial charge >= 0.3 is 12.1 Å². The lowest BCUT2D eigenvalue weighted by molar-refractivity contribution is -0.159. The average molecular weight is 321 g/mol. The highest BCUT2D eigenvalue weighted by Gasteiger charge is 2.38. The fourth-order valence-electron chi connectivity index (χ4n) is 1.57. The van der Waals surface area contributed by atoms with Gasteiger partial charge in [0.2, 0.25) is 11.7 Å². The van der Waals surface area contributed by atoms with Gasteiger partial charge in [0.05, 0.1) is 5.56 Å². The summed E-state index contributed by atoms with van der Waals surface area (Å²) in [6, 6.07) is 2.11. The molecule has 118 valence electrons. The number of carbonyl (C=O) groups is 1. The molecular formula is C12H8F5N3O2. The third-order valence-corrected chi connectivity index (χ3v) is 2.60. The molecule has 0 saturated carbocycles. The molecule has 1 amide bonds. The predicted octanol–water partition coefficient (Wildman–Crippen LogP) is 2.67. The van der Waals surface area contributed by atoms with Gasteiger partial charge < -0.3 is 9.84 Å². The number of alkyl halides is 3. The van der Waals surface area contributed by atoms with Gasteiger partial charge in [-0.15, -0.1) is 0 Å². The first-order chi connectivity index (χ1) is 10.2. The molecule has 1 heterocycles. The van der Waals surface area contributed by atoms with Crippen LogP contribution >= 0.6 is 0 Å². The van der Waals surface area contributed by atoms with E-state index in [4.69, 9.17) is 0 Å². The maximum Gasteiger partial charge on any atom is 0.471 e. The smallest absolute Gasteiger partial charge is 0.352 e. The summed E-state index contributed by atoms with van der Waals surface area (Å²) in [4.78, 5) is 13.7. The number of hydrogen-bond donors (Lipinski definition) is 1. The number of carbonyl (C=O) groups excluding carboxylic acids is 1. The summed E-state index contributed by atoms with van der Waals surface area (Å²) in [6.07, 6.45) is -4.88. The quantitative estimate of drug-likeness (QED) is 0.883. The van der Waals surface area contributed by atoms with Crippen LogP contribution in [0.15, 0.2) is 16.7 Å². The molecule has 0 aliphatic heterocycles. The van der Waals surface area contributed by atoms with Gasteiger partial charge in [0.25, 0.3) is 0 Å². The van der Waals surface area contributed by atoms with Crippen molar-refractivity contribution in [3.63, 3.8) is 0 Å². The summed E-state index contributed by atoms with van der Waals surface area (Å²) in [5, 5.41) is 5.25. The molecule has 22 heavy (non-hydrogen) atoms. The van der Waals surface area contributed by atoms with Crippen LogP contribution in [0, 0.1) is 11.6 Å². The second kappa shape index (κ2) is 5.70. The van der Waals surface area contributed by atoms with Crippen molar-refractivity contribution in [3.8, 4) is 11.4 Å². The second-order valence-electron chi connectivity index (χ2n) is 4.23. The Morgan fingerprint density at radius 3 is 2.50 bits per heavy atom. The van der Waals surface area contributed by atoms with Crippen LogP contribution in [-0.4, -0.2) is 16.0 Å². The Labute approximate surface area is 120 Å². The van der Waals surface area contributed by atoms with Crippen LogP contribution in [0.25, 0.3) is 11.4 Å². The van der Waals surface area contributed by atoms with Gasteiger partial charge in [-0.25, -0.2) is 8.78 Å². The molecule has 0 unspecified atom stereocenters. The van der Waals surface area contributed by atoms with Crippen molar-refractivity contribution in [1.29, 1.82) is 0 Å². The second-order valence-corrected chi connectivity index (χ2v) is 4.23. The van der Waals surface area contributed by atoms with Crippen LogP contribution in [-0.2, 0) is 17.5 Å². The summed E-state index contributed by atoms with van der Waals surface area (Å²) in [6.45, 7) is 0.930. The van der Waals surface area contributed by atoms with Crippen molar-refractivity contribution in [3.05, 3.63) is 35.2 Å². The van der Waals surface area contributed by atoms with E-state index in [9.17, 15) is 26.7 Å². The van der Waals surface area contributed by atoms with E-state index in [1.165, 1.54) is 6.92 Å². The molecular weight excluding hydrogens is 313 g/mol. The lowest BCUT2D eigenvalue weighted by Crippen LogP contribution is -2.20. The normalized spacial score (nSPS) is 11.5. The fourth-order valence-corrected chi connectivity index (χ4v) is 1.57. The summed E-state index contributed by atoms with van der Waals surface area (Å²) < 4.78 is 68.6. The van der Waals surface area contributed by atoms with E-state index in [1.54, 1.807) is 0 Å². The predicted molar refractivity (Wildman–Crippen MR) is 62.2 cm³/mol. The molecule has 0 bridgehead atoms. The standard InChI is InChI=1S/C12H8F5N3O2/c1-5(21)18-4-6-2-3-7(9(14)8(6)13)10-19-11(22-20-10)12(15,16)17/h2-3H,4H2,1H3,(H,18,21). The lowest BCUT2D eigenvalue weighted by atomic mass is 10.1. The van der Waals surface area contributed by atoms with Crippen LogP contribution in [0.2, 0.25) is 0 Å². The zero-order valence-electron chi connectivity index (χ0n) is 11.0. The van der Waals surface area contributed by atoms with Crippen LogP contribution in [0.1, 0.15) is 18.4 Å². The fraction of sp³-hybridized carbons (Fsp3) is 0.250. The Bertz CT molecular complexity index is 711. The number of amides is 1. The molecule has 2 rings (SSSR count). The van der Waals surface area contributed by atoms with Gasteiger partial charge in [0.15, 0.2) is 11.6 Å². The largest absolute Gasteiger partial charge is 0.471 e. The van der Waals surface area contributed by atoms with Crippen molar-refractivity contribution < 1.29 is 31.3 Å². The van der Waals surface area contributed by atoms with Gasteiger partial charge in [-0.05, 0) is 6.07 Å². The highest BCUT2D eigenvalue weighted by Crippen LogP contribution is 2.30. The van der Waals surface area contributed by atoms with E-state index in [0.717, 1.165) is 12.1 Å². The zero-order chi connectivity index (χ0) is 16.5.